The number of Topliss-reactive ketones (excluding diaryl/α,β-unsaturated/α-hetero) is 2. The number of nitriles is 1. The smallest absolute Gasteiger partial charge is 0.423 e. The molecule has 6 nitrogen and oxygen atoms in total. The highest BCUT2D eigenvalue weighted by Gasteiger charge is 2.44. The summed E-state index contributed by atoms with van der Waals surface area (Å²) in [6, 6.07) is 45.5. The van der Waals surface area contributed by atoms with Crippen LogP contribution in [0.2, 0.25) is 0 Å². The second kappa shape index (κ2) is 18.6. The highest BCUT2D eigenvalue weighted by molar-refractivity contribution is 9.10. The molecule has 0 saturated heterocycles. The van der Waals surface area contributed by atoms with Crippen LogP contribution in [-0.2, 0) is 38.5 Å². The molecule has 0 bridgehead atoms. The van der Waals surface area contributed by atoms with Gasteiger partial charge in [0.05, 0.1) is 18.2 Å². The molecule has 6 aromatic carbocycles. The van der Waals surface area contributed by atoms with Crippen molar-refractivity contribution in [2.24, 2.45) is 10.8 Å². The van der Waals surface area contributed by atoms with Crippen molar-refractivity contribution >= 4 is 45.8 Å². The number of nitrogens with zero attached hydrogens (tertiary/aromatic N) is 2. The van der Waals surface area contributed by atoms with Crippen LogP contribution in [-0.4, -0.2) is 28.7 Å². The number of ketones is 2. The molecule has 62 heavy (non-hydrogen) atoms. The number of aryl methyl sites for hydroxylation is 6. The lowest BCUT2D eigenvalue weighted by Gasteiger charge is -2.36. The summed E-state index contributed by atoms with van der Waals surface area (Å²) < 4.78 is 1.01. The van der Waals surface area contributed by atoms with Crippen molar-refractivity contribution in [3.63, 3.8) is 0 Å². The molecule has 308 valence electrons. The maximum absolute atomic E-state index is 13.8. The van der Waals surface area contributed by atoms with Crippen LogP contribution in [0, 0.1) is 28.7 Å². The van der Waals surface area contributed by atoms with Gasteiger partial charge in [-0.15, -0.1) is 0 Å². The summed E-state index contributed by atoms with van der Waals surface area (Å²) in [6.45, 7) is 7.26. The quantitative estimate of drug-likeness (QED) is 0.133. The SMILES string of the molecule is N#Cc1cccc(B(O)O)c1.O=C1c2cc(Br)ccc2CCC12CCc1ccccc1CC2.[C-]#[N+]c1cccc(-c2ccc3c(c2)C(=O)C2(CCc4ccccc4CC2)CC3)c1. The van der Waals surface area contributed by atoms with E-state index in [2.05, 4.69) is 93.6 Å². The van der Waals surface area contributed by atoms with Crippen molar-refractivity contribution in [2.45, 2.75) is 77.0 Å². The Kier molecular flexibility index (Phi) is 12.8. The first-order chi connectivity index (χ1) is 30.1. The Balaban J connectivity index is 0.000000141. The molecule has 10 rings (SSSR count). The van der Waals surface area contributed by atoms with Gasteiger partial charge in [-0.05, 0) is 163 Å². The Morgan fingerprint density at radius 2 is 1.02 bits per heavy atom. The minimum Gasteiger partial charge on any atom is -0.423 e. The van der Waals surface area contributed by atoms with E-state index in [0.717, 1.165) is 104 Å². The average molecular weight is 880 g/mol. The summed E-state index contributed by atoms with van der Waals surface area (Å²) >= 11 is 3.52. The highest BCUT2D eigenvalue weighted by Crippen LogP contribution is 2.47. The molecule has 2 N–H and O–H groups in total. The molecular formula is C54H48BBrN2O4. The lowest BCUT2D eigenvalue weighted by Crippen LogP contribution is -2.36. The number of rotatable bonds is 2. The number of halogens is 1. The lowest BCUT2D eigenvalue weighted by molar-refractivity contribution is 0.0718. The van der Waals surface area contributed by atoms with Gasteiger partial charge in [-0.2, -0.15) is 5.26 Å². The summed E-state index contributed by atoms with van der Waals surface area (Å²) in [5, 5.41) is 25.8. The van der Waals surface area contributed by atoms with Crippen LogP contribution in [0.15, 0.2) is 138 Å². The Hall–Kier alpha value is -5.90. The van der Waals surface area contributed by atoms with Gasteiger partial charge >= 0.3 is 7.12 Å². The van der Waals surface area contributed by atoms with Crippen LogP contribution in [0.25, 0.3) is 16.0 Å². The van der Waals surface area contributed by atoms with Crippen molar-refractivity contribution in [3.8, 4) is 17.2 Å². The van der Waals surface area contributed by atoms with Gasteiger partial charge in [0.1, 0.15) is 0 Å². The molecular weight excluding hydrogens is 831 g/mol. The number of hydrogen-bond acceptors (Lipinski definition) is 5. The second-order valence-electron chi connectivity index (χ2n) is 17.2. The van der Waals surface area contributed by atoms with Gasteiger partial charge in [-0.3, -0.25) is 9.59 Å². The van der Waals surface area contributed by atoms with Gasteiger partial charge < -0.3 is 10.0 Å². The minimum absolute atomic E-state index is 0.146. The minimum atomic E-state index is -1.50. The maximum Gasteiger partial charge on any atom is 0.488 e. The zero-order valence-corrected chi connectivity index (χ0v) is 36.3. The molecule has 0 heterocycles. The average Bonchev–Trinajstić information content (AvgIpc) is 3.63. The van der Waals surface area contributed by atoms with E-state index in [-0.39, 0.29) is 10.8 Å². The van der Waals surface area contributed by atoms with E-state index in [1.807, 2.05) is 42.5 Å². The van der Waals surface area contributed by atoms with E-state index < -0.39 is 7.12 Å². The van der Waals surface area contributed by atoms with Crippen LogP contribution < -0.4 is 5.46 Å². The second-order valence-corrected chi connectivity index (χ2v) is 18.1. The summed E-state index contributed by atoms with van der Waals surface area (Å²) in [6.07, 6.45) is 11.9. The molecule has 0 saturated carbocycles. The molecule has 4 aliphatic rings. The highest BCUT2D eigenvalue weighted by atomic mass is 79.9. The molecule has 8 heteroatoms. The predicted octanol–water partition coefficient (Wildman–Crippen LogP) is 11.0. The largest absolute Gasteiger partial charge is 0.488 e. The van der Waals surface area contributed by atoms with E-state index in [1.54, 1.807) is 18.2 Å². The molecule has 0 radical (unpaired) electrons. The van der Waals surface area contributed by atoms with Crippen molar-refractivity contribution in [3.05, 3.63) is 199 Å². The van der Waals surface area contributed by atoms with Gasteiger partial charge in [-0.25, -0.2) is 4.85 Å². The van der Waals surface area contributed by atoms with E-state index in [1.165, 1.54) is 39.4 Å². The third kappa shape index (κ3) is 9.01. The first-order valence-corrected chi connectivity index (χ1v) is 22.4. The van der Waals surface area contributed by atoms with Gasteiger partial charge in [0.15, 0.2) is 17.3 Å². The van der Waals surface area contributed by atoms with Crippen LogP contribution in [0.1, 0.15) is 98.2 Å². The first-order valence-electron chi connectivity index (χ1n) is 21.6. The van der Waals surface area contributed by atoms with Crippen LogP contribution >= 0.6 is 15.9 Å². The number of fused-ring (bicyclic) bond motifs is 4. The Morgan fingerprint density at radius 1 is 0.548 bits per heavy atom. The lowest BCUT2D eigenvalue weighted by atomic mass is 9.66. The molecule has 6 aromatic rings. The summed E-state index contributed by atoms with van der Waals surface area (Å²) in [5.74, 6) is 0.706. The van der Waals surface area contributed by atoms with Crippen molar-refractivity contribution in [1.29, 1.82) is 5.26 Å². The molecule has 0 amide bonds. The molecule has 0 aliphatic heterocycles. The molecule has 0 fully saturated rings. The molecule has 0 unspecified atom stereocenters. The van der Waals surface area contributed by atoms with Gasteiger partial charge in [0, 0.05) is 26.4 Å². The standard InChI is InChI=1S/C27H23NO.C20H19BrO.C7H6BNO2/c1-28-24-8-4-7-22(17-24)23-10-9-21-13-16-27(26(29)25(21)18-23)14-11-19-5-2-3-6-20(19)12-15-27;21-17-6-5-16-9-12-20(19(22)18(16)13-17)10-7-14-3-1-2-4-15(14)8-11-20;9-5-6-2-1-3-7(4-6)8(10)11/h2-10,17-18H,11-16H2;1-6,13H,7-12H2;1-4,10-11H. The van der Waals surface area contributed by atoms with E-state index >= 15 is 0 Å². The third-order valence-corrected chi connectivity index (χ3v) is 14.2. The van der Waals surface area contributed by atoms with E-state index in [0.29, 0.717) is 28.3 Å². The first kappa shape index (κ1) is 42.8. The van der Waals surface area contributed by atoms with Crippen molar-refractivity contribution < 1.29 is 19.6 Å². The fraction of sp³-hybridized carbons (Fsp3) is 0.259. The van der Waals surface area contributed by atoms with Crippen molar-refractivity contribution in [1.82, 2.24) is 0 Å². The molecule has 0 aromatic heterocycles. The van der Waals surface area contributed by atoms with E-state index in [9.17, 15) is 9.59 Å². The van der Waals surface area contributed by atoms with Crippen LogP contribution in [0.4, 0.5) is 5.69 Å². The normalized spacial score (nSPS) is 16.5. The number of hydrogen-bond donors (Lipinski definition) is 2. The number of carbonyl (C=O) groups is 2. The Morgan fingerprint density at radius 3 is 1.52 bits per heavy atom. The van der Waals surface area contributed by atoms with Crippen LogP contribution in [0.5, 0.6) is 0 Å². The topological polar surface area (TPSA) is 103 Å². The zero-order chi connectivity index (χ0) is 43.3. The fourth-order valence-electron chi connectivity index (χ4n) is 10.0. The monoisotopic (exact) mass is 878 g/mol. The summed E-state index contributed by atoms with van der Waals surface area (Å²) in [5.41, 5.74) is 13.0. The zero-order valence-electron chi connectivity index (χ0n) is 34.7. The van der Waals surface area contributed by atoms with Gasteiger partial charge in [0.25, 0.3) is 0 Å². The molecule has 4 aliphatic carbocycles. The summed E-state index contributed by atoms with van der Waals surface area (Å²) in [7, 11) is -1.50. The van der Waals surface area contributed by atoms with Crippen molar-refractivity contribution in [2.75, 3.05) is 0 Å². The Labute approximate surface area is 373 Å². The Bertz CT molecular complexity index is 2690. The summed E-state index contributed by atoms with van der Waals surface area (Å²) in [4.78, 5) is 30.5. The number of benzene rings is 6. The van der Waals surface area contributed by atoms with E-state index in [4.69, 9.17) is 21.9 Å². The fourth-order valence-corrected chi connectivity index (χ4v) is 10.4. The number of carbonyl (C=O) groups excluding carboxylic acids is 2. The van der Waals surface area contributed by atoms with Crippen LogP contribution in [0.3, 0.4) is 0 Å². The molecule has 2 spiro atoms. The molecule has 0 atom stereocenters. The van der Waals surface area contributed by atoms with Gasteiger partial charge in [-0.1, -0.05) is 113 Å². The third-order valence-electron chi connectivity index (χ3n) is 13.7. The predicted molar refractivity (Wildman–Crippen MR) is 250 cm³/mol. The maximum atomic E-state index is 13.8. The van der Waals surface area contributed by atoms with Gasteiger partial charge in [0.2, 0.25) is 0 Å².